The van der Waals surface area contributed by atoms with Crippen molar-refractivity contribution in [2.75, 3.05) is 16.8 Å². The average Bonchev–Trinajstić information content (AvgIpc) is 3.46. The van der Waals surface area contributed by atoms with Gasteiger partial charge >= 0.3 is 0 Å². The van der Waals surface area contributed by atoms with E-state index in [1.54, 1.807) is 4.90 Å². The molecule has 2 aromatic carbocycles. The summed E-state index contributed by atoms with van der Waals surface area (Å²) in [7, 11) is 0. The van der Waals surface area contributed by atoms with Crippen LogP contribution in [0.15, 0.2) is 53.9 Å². The van der Waals surface area contributed by atoms with Crippen molar-refractivity contribution in [3.05, 3.63) is 81.8 Å². The summed E-state index contributed by atoms with van der Waals surface area (Å²) in [5.41, 5.74) is 1.15. The number of halogens is 3. The van der Waals surface area contributed by atoms with Crippen molar-refractivity contribution < 1.29 is 27.6 Å². The van der Waals surface area contributed by atoms with Crippen LogP contribution in [0.1, 0.15) is 22.9 Å². The summed E-state index contributed by atoms with van der Waals surface area (Å²) in [6.07, 6.45) is -0.0539. The van der Waals surface area contributed by atoms with Gasteiger partial charge in [-0.15, -0.1) is 11.3 Å². The fourth-order valence-corrected chi connectivity index (χ4v) is 4.76. The Morgan fingerprint density at radius 1 is 1.06 bits per heavy atom. The lowest BCUT2D eigenvalue weighted by Crippen LogP contribution is -2.39. The smallest absolute Gasteiger partial charge is 0.243 e. The van der Waals surface area contributed by atoms with Gasteiger partial charge in [0.2, 0.25) is 17.7 Å². The lowest BCUT2D eigenvalue weighted by Gasteiger charge is -2.27. The fourth-order valence-electron chi connectivity index (χ4n) is 3.88. The summed E-state index contributed by atoms with van der Waals surface area (Å²) in [6, 6.07) is 12.1. The van der Waals surface area contributed by atoms with Crippen LogP contribution < -0.4 is 15.5 Å². The van der Waals surface area contributed by atoms with E-state index in [9.17, 15) is 27.6 Å². The average molecular weight is 488 g/mol. The molecule has 1 saturated heterocycles. The topological polar surface area (TPSA) is 78.5 Å². The van der Waals surface area contributed by atoms with Gasteiger partial charge in [-0.1, -0.05) is 23.8 Å². The number of nitrogens with zero attached hydrogens (tertiary/aromatic N) is 1. The number of rotatable bonds is 6. The van der Waals surface area contributed by atoms with Crippen LogP contribution in [0.5, 0.6) is 0 Å². The van der Waals surface area contributed by atoms with Gasteiger partial charge in [0.05, 0.1) is 24.2 Å². The molecule has 0 aliphatic carbocycles. The van der Waals surface area contributed by atoms with E-state index in [0.717, 1.165) is 16.5 Å². The van der Waals surface area contributed by atoms with Crippen LogP contribution in [-0.4, -0.2) is 24.3 Å². The number of anilines is 2. The van der Waals surface area contributed by atoms with Crippen molar-refractivity contribution in [2.45, 2.75) is 19.4 Å². The summed E-state index contributed by atoms with van der Waals surface area (Å²) in [6.45, 7) is 1.39. The number of hydrogen-bond donors (Lipinski definition) is 2. The molecular weight excluding hydrogens is 467 g/mol. The van der Waals surface area contributed by atoms with Crippen molar-refractivity contribution in [3.8, 4) is 0 Å². The minimum atomic E-state index is -1.71. The molecule has 1 aromatic heterocycles. The predicted molar refractivity (Wildman–Crippen MR) is 122 cm³/mol. The number of nitrogens with one attached hydrogen (secondary N) is 2. The maximum Gasteiger partial charge on any atom is 0.243 e. The number of hydrogen-bond acceptors (Lipinski definition) is 4. The second-order valence-corrected chi connectivity index (χ2v) is 8.84. The van der Waals surface area contributed by atoms with E-state index in [0.29, 0.717) is 11.8 Å². The first-order valence-corrected chi connectivity index (χ1v) is 11.3. The molecule has 1 fully saturated rings. The number of thiophene rings is 1. The van der Waals surface area contributed by atoms with Crippen LogP contribution in [-0.2, 0) is 14.4 Å². The van der Waals surface area contributed by atoms with Crippen LogP contribution in [0.3, 0.4) is 0 Å². The molecule has 2 atom stereocenters. The zero-order valence-electron chi connectivity index (χ0n) is 18.0. The van der Waals surface area contributed by atoms with Crippen molar-refractivity contribution in [3.63, 3.8) is 0 Å². The Bertz CT molecular complexity index is 1230. The van der Waals surface area contributed by atoms with E-state index in [1.165, 1.54) is 11.3 Å². The molecule has 10 heteroatoms. The quantitative estimate of drug-likeness (QED) is 0.509. The lowest BCUT2D eigenvalue weighted by atomic mass is 9.97. The second kappa shape index (κ2) is 9.68. The molecule has 0 saturated carbocycles. The zero-order valence-corrected chi connectivity index (χ0v) is 18.8. The van der Waals surface area contributed by atoms with Crippen LogP contribution >= 0.6 is 11.3 Å². The lowest BCUT2D eigenvalue weighted by molar-refractivity contribution is -0.128. The molecule has 1 aliphatic rings. The van der Waals surface area contributed by atoms with Crippen molar-refractivity contribution in [1.82, 2.24) is 5.32 Å². The Morgan fingerprint density at radius 2 is 1.79 bits per heavy atom. The fraction of sp³-hybridized carbons (Fsp3) is 0.208. The third kappa shape index (κ3) is 4.67. The number of carbonyl (C=O) groups excluding carboxylic acids is 3. The maximum absolute atomic E-state index is 13.8. The number of benzene rings is 2. The van der Waals surface area contributed by atoms with Gasteiger partial charge in [0.15, 0.2) is 17.5 Å². The number of aryl methyl sites for hydroxylation is 1. The largest absolute Gasteiger partial charge is 0.347 e. The summed E-state index contributed by atoms with van der Waals surface area (Å²) in [4.78, 5) is 40.5. The van der Waals surface area contributed by atoms with Crippen LogP contribution in [0.25, 0.3) is 0 Å². The number of carbonyl (C=O) groups is 3. The van der Waals surface area contributed by atoms with Crippen molar-refractivity contribution >= 4 is 40.4 Å². The van der Waals surface area contributed by atoms with E-state index >= 15 is 0 Å². The van der Waals surface area contributed by atoms with E-state index in [2.05, 4.69) is 10.6 Å². The van der Waals surface area contributed by atoms with Gasteiger partial charge in [-0.05, 0) is 42.6 Å². The monoisotopic (exact) mass is 487 g/mol. The van der Waals surface area contributed by atoms with Crippen molar-refractivity contribution in [2.24, 2.45) is 5.92 Å². The highest BCUT2D eigenvalue weighted by Gasteiger charge is 2.45. The molecule has 0 spiro atoms. The number of amides is 3. The molecule has 3 aromatic rings. The standard InChI is InChI=1S/C24H20F3N3O3S/c1-13-4-6-14(7-5-13)30-20(32)11-15(23(30)18-3-2-10-34-18)24(33)28-12-19(31)29-17-9-8-16(25)21(26)22(17)27/h2-10,15,23H,11-12H2,1H3,(H,28,33)(H,29,31). The summed E-state index contributed by atoms with van der Waals surface area (Å²) >= 11 is 1.41. The Kier molecular flexibility index (Phi) is 6.69. The Balaban J connectivity index is 1.48. The molecule has 1 aliphatic heterocycles. The van der Waals surface area contributed by atoms with E-state index in [1.807, 2.05) is 48.7 Å². The van der Waals surface area contributed by atoms with Crippen LogP contribution in [0.4, 0.5) is 24.5 Å². The third-order valence-corrected chi connectivity index (χ3v) is 6.48. The van der Waals surface area contributed by atoms with Gasteiger partial charge in [0, 0.05) is 17.0 Å². The Morgan fingerprint density at radius 3 is 2.47 bits per heavy atom. The highest BCUT2D eigenvalue weighted by molar-refractivity contribution is 7.10. The van der Waals surface area contributed by atoms with Gasteiger partial charge in [0.1, 0.15) is 0 Å². The predicted octanol–water partition coefficient (Wildman–Crippen LogP) is 4.32. The first-order chi connectivity index (χ1) is 16.3. The summed E-state index contributed by atoms with van der Waals surface area (Å²) in [5, 5.41) is 6.42. The SMILES string of the molecule is Cc1ccc(N2C(=O)CC(C(=O)NCC(=O)Nc3ccc(F)c(F)c3F)C2c2cccs2)cc1. The molecule has 3 amide bonds. The van der Waals surface area contributed by atoms with Gasteiger partial charge in [-0.25, -0.2) is 13.2 Å². The molecule has 2 unspecified atom stereocenters. The minimum absolute atomic E-state index is 0.0539. The van der Waals surface area contributed by atoms with Gasteiger partial charge < -0.3 is 15.5 Å². The second-order valence-electron chi connectivity index (χ2n) is 7.86. The Labute approximate surface area is 197 Å². The molecular formula is C24H20F3N3O3S. The highest BCUT2D eigenvalue weighted by atomic mass is 32.1. The maximum atomic E-state index is 13.8. The van der Waals surface area contributed by atoms with Gasteiger partial charge in [-0.3, -0.25) is 14.4 Å². The first kappa shape index (κ1) is 23.5. The summed E-state index contributed by atoms with van der Waals surface area (Å²) < 4.78 is 40.2. The molecule has 34 heavy (non-hydrogen) atoms. The van der Waals surface area contributed by atoms with Crippen molar-refractivity contribution in [1.29, 1.82) is 0 Å². The molecule has 0 radical (unpaired) electrons. The molecule has 4 rings (SSSR count). The van der Waals surface area contributed by atoms with Crippen LogP contribution in [0, 0.1) is 30.3 Å². The zero-order chi connectivity index (χ0) is 24.4. The third-order valence-electron chi connectivity index (χ3n) is 5.54. The molecule has 2 heterocycles. The molecule has 6 nitrogen and oxygen atoms in total. The summed E-state index contributed by atoms with van der Waals surface area (Å²) in [5.74, 6) is -6.97. The first-order valence-electron chi connectivity index (χ1n) is 10.4. The van der Waals surface area contributed by atoms with Gasteiger partial charge in [0.25, 0.3) is 0 Å². The van der Waals surface area contributed by atoms with Crippen LogP contribution in [0.2, 0.25) is 0 Å². The van der Waals surface area contributed by atoms with E-state index < -0.39 is 53.5 Å². The van der Waals surface area contributed by atoms with E-state index in [-0.39, 0.29) is 12.3 Å². The minimum Gasteiger partial charge on any atom is -0.347 e. The molecule has 176 valence electrons. The Hall–Kier alpha value is -3.66. The van der Waals surface area contributed by atoms with Gasteiger partial charge in [-0.2, -0.15) is 0 Å². The van der Waals surface area contributed by atoms with E-state index in [4.69, 9.17) is 0 Å². The molecule has 2 N–H and O–H groups in total. The molecule has 0 bridgehead atoms. The normalized spacial score (nSPS) is 17.6. The highest BCUT2D eigenvalue weighted by Crippen LogP contribution is 2.43.